The van der Waals surface area contributed by atoms with Gasteiger partial charge in [-0.3, -0.25) is 9.58 Å². The number of aryl methyl sites for hydroxylation is 2. The van der Waals surface area contributed by atoms with Gasteiger partial charge in [0.1, 0.15) is 0 Å². The lowest BCUT2D eigenvalue weighted by molar-refractivity contribution is 0.202. The van der Waals surface area contributed by atoms with Crippen LogP contribution in [-0.4, -0.2) is 36.4 Å². The minimum atomic E-state index is 0.443. The smallest absolute Gasteiger partial charge is 0.187 e. The Morgan fingerprint density at radius 1 is 1.17 bits per heavy atom. The molecule has 0 atom stereocenters. The van der Waals surface area contributed by atoms with Crippen LogP contribution in [0.25, 0.3) is 0 Å². The molecule has 2 aromatic rings. The zero-order valence-corrected chi connectivity index (χ0v) is 16.5. The summed E-state index contributed by atoms with van der Waals surface area (Å²) in [6.45, 7) is 12.6. The molecule has 132 valence electrons. The number of aromatic nitrogens is 4. The number of hydrogen-bond acceptors (Lipinski definition) is 5. The summed E-state index contributed by atoms with van der Waals surface area (Å²) in [5.41, 5.74) is 4.83. The summed E-state index contributed by atoms with van der Waals surface area (Å²) in [4.78, 5) is 11.4. The summed E-state index contributed by atoms with van der Waals surface area (Å²) < 4.78 is 1.96. The van der Waals surface area contributed by atoms with Crippen molar-refractivity contribution in [3.8, 4) is 0 Å². The Morgan fingerprint density at radius 2 is 1.83 bits per heavy atom. The second kappa shape index (κ2) is 8.62. The molecule has 0 fully saturated rings. The monoisotopic (exact) mass is 347 g/mol. The highest BCUT2D eigenvalue weighted by molar-refractivity contribution is 7.99. The fraction of sp³-hybridized carbons (Fsp3) is 0.611. The molecule has 0 N–H and O–H groups in total. The molecule has 0 aliphatic heterocycles. The van der Waals surface area contributed by atoms with E-state index in [4.69, 9.17) is 0 Å². The molecule has 0 aliphatic rings. The lowest BCUT2D eigenvalue weighted by Crippen LogP contribution is -2.30. The maximum atomic E-state index is 4.53. The number of nitrogens with zero attached hydrogens (tertiary/aromatic N) is 5. The Morgan fingerprint density at radius 3 is 2.33 bits per heavy atom. The minimum absolute atomic E-state index is 0.443. The fourth-order valence-corrected chi connectivity index (χ4v) is 3.24. The van der Waals surface area contributed by atoms with Gasteiger partial charge in [-0.25, -0.2) is 9.97 Å². The van der Waals surface area contributed by atoms with Gasteiger partial charge in [-0.2, -0.15) is 5.10 Å². The molecule has 5 nitrogen and oxygen atoms in total. The maximum Gasteiger partial charge on any atom is 0.187 e. The average molecular weight is 348 g/mol. The molecule has 0 bridgehead atoms. The van der Waals surface area contributed by atoms with Crippen LogP contribution >= 0.6 is 11.8 Å². The number of thioether (sulfide) groups is 1. The predicted octanol–water partition coefficient (Wildman–Crippen LogP) is 3.74. The molecule has 0 saturated carbocycles. The van der Waals surface area contributed by atoms with E-state index in [1.165, 1.54) is 11.3 Å². The lowest BCUT2D eigenvalue weighted by atomic mass is 10.1. The zero-order chi connectivity index (χ0) is 17.7. The first-order valence-corrected chi connectivity index (χ1v) is 9.57. The van der Waals surface area contributed by atoms with Crippen LogP contribution in [-0.2, 0) is 20.1 Å². The SMILES string of the molecule is CCCSc1ncc(CN(Cc2c(C)nn(C)c2C)C(C)C)cn1. The summed E-state index contributed by atoms with van der Waals surface area (Å²) in [7, 11) is 2.01. The molecule has 0 spiro atoms. The molecule has 0 aromatic carbocycles. The Bertz CT molecular complexity index is 648. The van der Waals surface area contributed by atoms with Gasteiger partial charge in [-0.15, -0.1) is 0 Å². The fourth-order valence-electron chi connectivity index (χ4n) is 2.60. The molecule has 0 radical (unpaired) electrons. The standard InChI is InChI=1S/C18H29N5S/c1-7-8-24-18-19-9-16(10-20-18)11-23(13(2)3)12-17-14(4)21-22(6)15(17)5/h9-10,13H,7-8,11-12H2,1-6H3. The van der Waals surface area contributed by atoms with E-state index in [2.05, 4.69) is 54.6 Å². The molecule has 0 aliphatic carbocycles. The van der Waals surface area contributed by atoms with Gasteiger partial charge >= 0.3 is 0 Å². The molecule has 2 heterocycles. The van der Waals surface area contributed by atoms with Crippen molar-refractivity contribution in [1.29, 1.82) is 0 Å². The third-order valence-electron chi connectivity index (χ3n) is 4.25. The highest BCUT2D eigenvalue weighted by Gasteiger charge is 2.17. The number of hydrogen-bond donors (Lipinski definition) is 0. The third-order valence-corrected chi connectivity index (χ3v) is 5.33. The Kier molecular flexibility index (Phi) is 6.80. The summed E-state index contributed by atoms with van der Waals surface area (Å²) in [5, 5.41) is 5.40. The van der Waals surface area contributed by atoms with Crippen molar-refractivity contribution in [2.75, 3.05) is 5.75 Å². The molecule has 0 amide bonds. The van der Waals surface area contributed by atoms with E-state index in [9.17, 15) is 0 Å². The van der Waals surface area contributed by atoms with Crippen molar-refractivity contribution in [2.24, 2.45) is 7.05 Å². The van der Waals surface area contributed by atoms with Gasteiger partial charge < -0.3 is 0 Å². The van der Waals surface area contributed by atoms with Crippen molar-refractivity contribution in [3.05, 3.63) is 34.9 Å². The van der Waals surface area contributed by atoms with E-state index in [0.717, 1.165) is 41.7 Å². The Balaban J connectivity index is 2.08. The number of rotatable bonds is 8. The van der Waals surface area contributed by atoms with Crippen molar-refractivity contribution >= 4 is 11.8 Å². The summed E-state index contributed by atoms with van der Waals surface area (Å²) in [6, 6.07) is 0.443. The molecule has 6 heteroatoms. The van der Waals surface area contributed by atoms with E-state index in [0.29, 0.717) is 6.04 Å². The van der Waals surface area contributed by atoms with Crippen LogP contribution in [0.1, 0.15) is 49.7 Å². The Labute approximate surface area is 149 Å². The van der Waals surface area contributed by atoms with Crippen LogP contribution in [0.2, 0.25) is 0 Å². The van der Waals surface area contributed by atoms with Crippen LogP contribution < -0.4 is 0 Å². The van der Waals surface area contributed by atoms with Gasteiger partial charge in [-0.05, 0) is 34.1 Å². The molecule has 0 unspecified atom stereocenters. The van der Waals surface area contributed by atoms with E-state index in [1.807, 2.05) is 24.1 Å². The summed E-state index contributed by atoms with van der Waals surface area (Å²) >= 11 is 1.72. The van der Waals surface area contributed by atoms with E-state index >= 15 is 0 Å². The second-order valence-corrected chi connectivity index (χ2v) is 7.56. The van der Waals surface area contributed by atoms with Crippen LogP contribution in [0.4, 0.5) is 0 Å². The van der Waals surface area contributed by atoms with Crippen LogP contribution in [0.5, 0.6) is 0 Å². The van der Waals surface area contributed by atoms with Crippen LogP contribution in [0, 0.1) is 13.8 Å². The molecule has 0 saturated heterocycles. The first-order chi connectivity index (χ1) is 11.4. The van der Waals surface area contributed by atoms with Gasteiger partial charge in [0.2, 0.25) is 0 Å². The normalized spacial score (nSPS) is 11.7. The molecule has 24 heavy (non-hydrogen) atoms. The van der Waals surface area contributed by atoms with Gasteiger partial charge in [0.15, 0.2) is 5.16 Å². The molecular weight excluding hydrogens is 318 g/mol. The molecule has 2 rings (SSSR count). The van der Waals surface area contributed by atoms with E-state index in [1.54, 1.807) is 11.8 Å². The van der Waals surface area contributed by atoms with Crippen LogP contribution in [0.3, 0.4) is 0 Å². The quantitative estimate of drug-likeness (QED) is 0.538. The third kappa shape index (κ3) is 4.80. The second-order valence-electron chi connectivity index (χ2n) is 6.49. The first kappa shape index (κ1) is 18.9. The van der Waals surface area contributed by atoms with Gasteiger partial charge in [0, 0.05) is 61.1 Å². The van der Waals surface area contributed by atoms with Crippen molar-refractivity contribution in [2.45, 2.75) is 65.3 Å². The molecule has 2 aromatic heterocycles. The minimum Gasteiger partial charge on any atom is -0.292 e. The van der Waals surface area contributed by atoms with Crippen molar-refractivity contribution in [3.63, 3.8) is 0 Å². The zero-order valence-electron chi connectivity index (χ0n) is 15.7. The van der Waals surface area contributed by atoms with E-state index in [-0.39, 0.29) is 0 Å². The highest BCUT2D eigenvalue weighted by atomic mass is 32.2. The van der Waals surface area contributed by atoms with Crippen molar-refractivity contribution in [1.82, 2.24) is 24.6 Å². The molecular formula is C18H29N5S. The lowest BCUT2D eigenvalue weighted by Gasteiger charge is -2.26. The topological polar surface area (TPSA) is 46.8 Å². The van der Waals surface area contributed by atoms with Gasteiger partial charge in [0.25, 0.3) is 0 Å². The van der Waals surface area contributed by atoms with E-state index < -0.39 is 0 Å². The van der Waals surface area contributed by atoms with Crippen molar-refractivity contribution < 1.29 is 0 Å². The van der Waals surface area contributed by atoms with Gasteiger partial charge in [-0.1, -0.05) is 18.7 Å². The highest BCUT2D eigenvalue weighted by Crippen LogP contribution is 2.19. The Hall–Kier alpha value is -1.40. The van der Waals surface area contributed by atoms with Gasteiger partial charge in [0.05, 0.1) is 5.69 Å². The van der Waals surface area contributed by atoms with Crippen LogP contribution in [0.15, 0.2) is 17.6 Å². The predicted molar refractivity (Wildman–Crippen MR) is 100 cm³/mol. The average Bonchev–Trinajstić information content (AvgIpc) is 2.79. The largest absolute Gasteiger partial charge is 0.292 e. The first-order valence-electron chi connectivity index (χ1n) is 8.59. The maximum absolute atomic E-state index is 4.53. The summed E-state index contributed by atoms with van der Waals surface area (Å²) in [6.07, 6.45) is 5.06. The summed E-state index contributed by atoms with van der Waals surface area (Å²) in [5.74, 6) is 1.07.